The van der Waals surface area contributed by atoms with Gasteiger partial charge in [0.1, 0.15) is 0 Å². The van der Waals surface area contributed by atoms with Crippen LogP contribution < -0.4 is 14.8 Å². The number of para-hydroxylation sites is 1. The van der Waals surface area contributed by atoms with Crippen LogP contribution in [0.5, 0.6) is 11.5 Å². The highest BCUT2D eigenvalue weighted by Crippen LogP contribution is 2.38. The number of carbonyl (C=O) groups is 1. The molecule has 1 unspecified atom stereocenters. The minimum absolute atomic E-state index is 0.0257. The number of ether oxygens (including phenoxy) is 3. The number of nitrogens with one attached hydrogen (secondary N) is 1. The number of benzene rings is 3. The fourth-order valence-electron chi connectivity index (χ4n) is 4.60. The Balaban J connectivity index is 1.78. The molecule has 1 atom stereocenters. The van der Waals surface area contributed by atoms with E-state index < -0.39 is 0 Å². The lowest BCUT2D eigenvalue weighted by atomic mass is 9.87. The van der Waals surface area contributed by atoms with Crippen molar-refractivity contribution < 1.29 is 19.0 Å². The third kappa shape index (κ3) is 5.71. The average molecular weight is 487 g/mol. The van der Waals surface area contributed by atoms with E-state index in [1.54, 1.807) is 21.3 Å². The van der Waals surface area contributed by atoms with Gasteiger partial charge in [0.2, 0.25) is 5.91 Å². The number of hydrogen-bond acceptors (Lipinski definition) is 4. The van der Waals surface area contributed by atoms with Crippen molar-refractivity contribution >= 4 is 16.8 Å². The Morgan fingerprint density at radius 2 is 1.69 bits per heavy atom. The van der Waals surface area contributed by atoms with Gasteiger partial charge in [-0.05, 0) is 41.8 Å². The number of nitrogens with zero attached hydrogens (tertiary/aromatic N) is 1. The maximum Gasteiger partial charge on any atom is 0.221 e. The Morgan fingerprint density at radius 3 is 2.42 bits per heavy atom. The summed E-state index contributed by atoms with van der Waals surface area (Å²) < 4.78 is 18.4. The smallest absolute Gasteiger partial charge is 0.221 e. The molecule has 1 amide bonds. The zero-order chi connectivity index (χ0) is 25.5. The fourth-order valence-corrected chi connectivity index (χ4v) is 4.60. The predicted octanol–water partition coefficient (Wildman–Crippen LogP) is 5.30. The van der Waals surface area contributed by atoms with Gasteiger partial charge in [0.25, 0.3) is 0 Å². The topological polar surface area (TPSA) is 61.7 Å². The van der Waals surface area contributed by atoms with Crippen molar-refractivity contribution in [1.82, 2.24) is 9.88 Å². The zero-order valence-electron chi connectivity index (χ0n) is 21.4. The molecule has 0 aliphatic heterocycles. The summed E-state index contributed by atoms with van der Waals surface area (Å²) in [6, 6.07) is 22.9. The molecule has 4 rings (SSSR count). The quantitative estimate of drug-likeness (QED) is 0.292. The van der Waals surface area contributed by atoms with E-state index in [1.807, 2.05) is 24.3 Å². The van der Waals surface area contributed by atoms with Crippen LogP contribution in [-0.4, -0.2) is 45.0 Å². The Hall–Kier alpha value is -3.77. The number of methoxy groups -OCH3 is 3. The third-order valence-electron chi connectivity index (χ3n) is 6.50. The third-order valence-corrected chi connectivity index (χ3v) is 6.50. The molecule has 0 aliphatic rings. The summed E-state index contributed by atoms with van der Waals surface area (Å²) in [4.78, 5) is 13.0. The molecule has 0 saturated carbocycles. The number of aromatic nitrogens is 1. The highest BCUT2D eigenvalue weighted by Gasteiger charge is 2.24. The molecule has 1 aromatic heterocycles. The first-order valence-corrected chi connectivity index (χ1v) is 12.1. The van der Waals surface area contributed by atoms with Crippen molar-refractivity contribution in [2.75, 3.05) is 34.5 Å². The van der Waals surface area contributed by atoms with Gasteiger partial charge < -0.3 is 24.1 Å². The highest BCUT2D eigenvalue weighted by molar-refractivity contribution is 5.87. The minimum atomic E-state index is -0.170. The van der Waals surface area contributed by atoms with Crippen molar-refractivity contribution in [3.8, 4) is 11.5 Å². The van der Waals surface area contributed by atoms with Gasteiger partial charge in [0.15, 0.2) is 11.5 Å². The molecule has 1 N–H and O–H groups in total. The summed E-state index contributed by atoms with van der Waals surface area (Å²) >= 11 is 0. The first kappa shape index (κ1) is 25.3. The molecule has 6 nitrogen and oxygen atoms in total. The van der Waals surface area contributed by atoms with Crippen LogP contribution in [0.2, 0.25) is 0 Å². The summed E-state index contributed by atoms with van der Waals surface area (Å²) in [6.07, 6.45) is 2.49. The molecule has 188 valence electrons. The summed E-state index contributed by atoms with van der Waals surface area (Å²) in [5.41, 5.74) is 5.70. The summed E-state index contributed by atoms with van der Waals surface area (Å²) in [5, 5.41) is 4.11. The monoisotopic (exact) mass is 486 g/mol. The lowest BCUT2D eigenvalue weighted by molar-refractivity contribution is -0.121. The van der Waals surface area contributed by atoms with E-state index in [-0.39, 0.29) is 11.8 Å². The second-order valence-corrected chi connectivity index (χ2v) is 8.93. The van der Waals surface area contributed by atoms with Crippen LogP contribution in [0.1, 0.15) is 34.6 Å². The van der Waals surface area contributed by atoms with Crippen LogP contribution in [-0.2, 0) is 16.1 Å². The Bertz CT molecular complexity index is 1310. The van der Waals surface area contributed by atoms with Gasteiger partial charge in [0, 0.05) is 49.6 Å². The second-order valence-electron chi connectivity index (χ2n) is 8.93. The van der Waals surface area contributed by atoms with Crippen LogP contribution in [0.25, 0.3) is 10.9 Å². The van der Waals surface area contributed by atoms with Crippen molar-refractivity contribution in [2.45, 2.75) is 25.8 Å². The summed E-state index contributed by atoms with van der Waals surface area (Å²) in [6.45, 7) is 3.80. The van der Waals surface area contributed by atoms with Crippen molar-refractivity contribution in [2.24, 2.45) is 0 Å². The Morgan fingerprint density at radius 1 is 0.944 bits per heavy atom. The van der Waals surface area contributed by atoms with E-state index in [0.717, 1.165) is 28.6 Å². The lowest BCUT2D eigenvalue weighted by Crippen LogP contribution is -2.28. The predicted molar refractivity (Wildman–Crippen MR) is 143 cm³/mol. The van der Waals surface area contributed by atoms with E-state index in [4.69, 9.17) is 14.2 Å². The van der Waals surface area contributed by atoms with Crippen LogP contribution in [0, 0.1) is 6.92 Å². The first-order chi connectivity index (χ1) is 17.5. The molecule has 36 heavy (non-hydrogen) atoms. The molecule has 0 fully saturated rings. The Labute approximate surface area is 212 Å². The number of fused-ring (bicyclic) bond motifs is 1. The minimum Gasteiger partial charge on any atom is -0.493 e. The maximum atomic E-state index is 13.0. The van der Waals surface area contributed by atoms with E-state index in [0.29, 0.717) is 31.1 Å². The summed E-state index contributed by atoms with van der Waals surface area (Å²) in [5.74, 6) is 1.10. The first-order valence-electron chi connectivity index (χ1n) is 12.1. The van der Waals surface area contributed by atoms with Gasteiger partial charge in [-0.25, -0.2) is 0 Å². The normalized spacial score (nSPS) is 11.9. The van der Waals surface area contributed by atoms with E-state index in [1.165, 1.54) is 11.1 Å². The SMILES string of the molecule is COCCNC(=O)CC(c1ccc(OC)c(OC)c1)c1cn(Cc2ccc(C)cc2)c2ccccc12. The van der Waals surface area contributed by atoms with Gasteiger partial charge in [-0.15, -0.1) is 0 Å². The molecule has 0 bridgehead atoms. The molecular weight excluding hydrogens is 452 g/mol. The van der Waals surface area contributed by atoms with Gasteiger partial charge in [-0.1, -0.05) is 54.1 Å². The van der Waals surface area contributed by atoms with Crippen LogP contribution in [0.3, 0.4) is 0 Å². The molecule has 0 spiro atoms. The van der Waals surface area contributed by atoms with E-state index in [2.05, 4.69) is 65.5 Å². The number of hydrogen-bond donors (Lipinski definition) is 1. The number of carbonyl (C=O) groups excluding carboxylic acids is 1. The fraction of sp³-hybridized carbons (Fsp3) is 0.300. The van der Waals surface area contributed by atoms with Crippen LogP contribution >= 0.6 is 0 Å². The second kappa shape index (κ2) is 11.8. The number of rotatable bonds is 11. The van der Waals surface area contributed by atoms with Gasteiger partial charge in [-0.3, -0.25) is 4.79 Å². The highest BCUT2D eigenvalue weighted by atomic mass is 16.5. The zero-order valence-corrected chi connectivity index (χ0v) is 21.4. The van der Waals surface area contributed by atoms with Crippen molar-refractivity contribution in [1.29, 1.82) is 0 Å². The van der Waals surface area contributed by atoms with Gasteiger partial charge >= 0.3 is 0 Å². The van der Waals surface area contributed by atoms with Crippen molar-refractivity contribution in [3.63, 3.8) is 0 Å². The number of amides is 1. The van der Waals surface area contributed by atoms with E-state index in [9.17, 15) is 4.79 Å². The average Bonchev–Trinajstić information content (AvgIpc) is 3.26. The van der Waals surface area contributed by atoms with Gasteiger partial charge in [-0.2, -0.15) is 0 Å². The Kier molecular flexibility index (Phi) is 8.28. The van der Waals surface area contributed by atoms with E-state index >= 15 is 0 Å². The largest absolute Gasteiger partial charge is 0.493 e. The molecule has 1 heterocycles. The maximum absolute atomic E-state index is 13.0. The number of aryl methyl sites for hydroxylation is 1. The molecule has 6 heteroatoms. The standard InChI is InChI=1S/C30H34N2O4/c1-21-9-11-22(12-10-21)19-32-20-26(24-7-5-6-8-27(24)32)25(18-30(33)31-15-16-34-2)23-13-14-28(35-3)29(17-23)36-4/h5-14,17,20,25H,15-16,18-19H2,1-4H3,(H,31,33). The molecular formula is C30H34N2O4. The molecule has 4 aromatic rings. The molecule has 0 saturated heterocycles. The lowest BCUT2D eigenvalue weighted by Gasteiger charge is -2.19. The van der Waals surface area contributed by atoms with Gasteiger partial charge in [0.05, 0.1) is 20.8 Å². The van der Waals surface area contributed by atoms with Crippen LogP contribution in [0.15, 0.2) is 72.9 Å². The molecule has 3 aromatic carbocycles. The molecule has 0 radical (unpaired) electrons. The molecule has 0 aliphatic carbocycles. The van der Waals surface area contributed by atoms with Crippen molar-refractivity contribution in [3.05, 3.63) is 95.2 Å². The summed E-state index contributed by atoms with van der Waals surface area (Å²) in [7, 11) is 4.87. The van der Waals surface area contributed by atoms with Crippen LogP contribution in [0.4, 0.5) is 0 Å².